The number of carbonyl (C=O) groups is 8. The van der Waals surface area contributed by atoms with Gasteiger partial charge >= 0.3 is 47.8 Å². The number of piperidine rings is 2. The Kier molecular flexibility index (Phi) is 53.3. The lowest BCUT2D eigenvalue weighted by Gasteiger charge is -2.30. The molecule has 0 bridgehead atoms. The highest BCUT2D eigenvalue weighted by Gasteiger charge is 2.28. The van der Waals surface area contributed by atoms with E-state index in [-0.39, 0.29) is 84.4 Å². The molecule has 18 heterocycles. The van der Waals surface area contributed by atoms with Crippen molar-refractivity contribution in [3.8, 4) is 0 Å². The van der Waals surface area contributed by atoms with Crippen LogP contribution in [0.1, 0.15) is 242 Å². The molecule has 11 N–H and O–H groups in total. The molecule has 0 unspecified atom stereocenters. The van der Waals surface area contributed by atoms with Gasteiger partial charge in [0.1, 0.15) is 48.9 Å². The van der Waals surface area contributed by atoms with Gasteiger partial charge in [-0.05, 0) is 311 Å². The molecule has 6 atom stereocenters. The van der Waals surface area contributed by atoms with E-state index in [4.69, 9.17) is 43.6 Å². The number of thiazole rings is 1. The number of aryl methyl sites for hydroxylation is 11. The van der Waals surface area contributed by atoms with Gasteiger partial charge in [-0.1, -0.05) is 37.6 Å². The number of hydrogen-bond donors (Lipinski definition) is 10. The van der Waals surface area contributed by atoms with Crippen molar-refractivity contribution in [3.63, 3.8) is 0 Å². The van der Waals surface area contributed by atoms with Gasteiger partial charge in [0.05, 0.1) is 50.7 Å². The first-order valence-corrected chi connectivity index (χ1v) is 53.6. The van der Waals surface area contributed by atoms with E-state index in [0.717, 1.165) is 228 Å². The highest BCUT2D eigenvalue weighted by Crippen LogP contribution is 2.27. The zero-order chi connectivity index (χ0) is 106. The van der Waals surface area contributed by atoms with Crippen molar-refractivity contribution in [2.45, 2.75) is 228 Å². The third kappa shape index (κ3) is 45.9. The Bertz CT molecular complexity index is 5210. The van der Waals surface area contributed by atoms with E-state index in [1.165, 1.54) is 111 Å². The molecule has 10 aliphatic heterocycles. The maximum absolute atomic E-state index is 11.7. The van der Waals surface area contributed by atoms with Crippen LogP contribution in [0.15, 0.2) is 147 Å². The van der Waals surface area contributed by atoms with Gasteiger partial charge in [0.2, 0.25) is 0 Å². The zero-order valence-electron chi connectivity index (χ0n) is 89.0. The normalized spacial score (nSPS) is 19.3. The minimum Gasteiger partial charge on any atom is -0.465 e. The lowest BCUT2D eigenvalue weighted by atomic mass is 10.0. The number of nitrogens with one attached hydrogen (secondary N) is 9. The molecule has 0 amide bonds. The first-order chi connectivity index (χ1) is 72.1. The number of nitrogens with two attached hydrogens (primary N) is 1. The number of aromatic nitrogens is 8. The maximum Gasteiger partial charge on any atom is 0.357 e. The monoisotopic (exact) mass is 2070 g/mol. The summed E-state index contributed by atoms with van der Waals surface area (Å²) in [5.41, 5.74) is 21.7. The number of ether oxygens (including phenoxy) is 8. The van der Waals surface area contributed by atoms with Gasteiger partial charge in [0.15, 0.2) is 0 Å². The molecule has 1 aromatic carbocycles. The lowest BCUT2D eigenvalue weighted by Crippen LogP contribution is -2.44. The standard InChI is InChI=1S/C12H16N2O2.6C11H14N2O2.C9H20N2.C9H11N.C8H16N2O2.C8H11NS/c1-9-2-3-10(8-14-9)12(15)16-11-4-6-13-7-5-11;2*1-8-4-9(6-13-5-8)11(14)15-10-2-3-12-7-10;1-8-2-3-10(6-13-8)11(14)15-7-9-4-12-5-9;2*1-8-2-3-9(6-13-8)11(14)15-10-4-5-12-7-10;1-8-2-3-10(13-6-8)11(14)15-9-4-5-12-7-9;1-2-3-6-11-7-4-5-9(10)8-11;1-7-3-2-4-8-5-10-6-9(7)8;1-8(11)12-7-6-10-4-2-9-3-5-10;1-6-9-7-4-2-3-5-8(7)10-6/h2-3,8,11,13H,4-7H2,1H3;2*4-6,10,12H,2-3,7H2,1H3;2-3,6,9,12H,4-5,7H2,1H3;2*2-3,6,10,12H,4-5,7H2,1H3;2-3,6,9,12H,4-5,7H2,1H3;9H,2-8,10H2,1H3;2-4,10H,5-6H2,1H3;9H,2-7H2,1H3;2-5H2,1H3/t;2*10-;;2*10-;2*9-;;;/m.10.1011.../s1. The van der Waals surface area contributed by atoms with Crippen molar-refractivity contribution >= 4 is 59.1 Å². The Morgan fingerprint density at radius 1 is 0.396 bits per heavy atom. The molecular formula is C112H158N20O16S. The average Bonchev–Trinajstić information content (AvgIpc) is 1.68. The molecule has 36 nitrogen and oxygen atoms in total. The molecule has 37 heteroatoms. The highest BCUT2D eigenvalue weighted by atomic mass is 32.1. The summed E-state index contributed by atoms with van der Waals surface area (Å²) in [4.78, 5) is 131. The van der Waals surface area contributed by atoms with Crippen LogP contribution in [0.25, 0.3) is 0 Å². The fraction of sp³-hybridized carbons (Fsp3) is 0.536. The second kappa shape index (κ2) is 66.7. The summed E-state index contributed by atoms with van der Waals surface area (Å²) in [6.45, 7) is 45.2. The van der Waals surface area contributed by atoms with Crippen LogP contribution in [0.4, 0.5) is 0 Å². The predicted molar refractivity (Wildman–Crippen MR) is 574 cm³/mol. The number of pyridine rings is 7. The van der Waals surface area contributed by atoms with Crippen LogP contribution in [0.5, 0.6) is 0 Å². The molecule has 0 spiro atoms. The van der Waals surface area contributed by atoms with E-state index in [2.05, 4.69) is 136 Å². The van der Waals surface area contributed by atoms with Gasteiger partial charge in [0.25, 0.3) is 0 Å². The second-order valence-corrected chi connectivity index (χ2v) is 40.0. The minimum atomic E-state index is -0.330. The molecular weight excluding hydrogens is 1910 g/mol. The van der Waals surface area contributed by atoms with Crippen molar-refractivity contribution in [2.75, 3.05) is 157 Å². The highest BCUT2D eigenvalue weighted by molar-refractivity contribution is 7.11. The number of likely N-dealkylation sites (tertiary alicyclic amines) is 1. The second-order valence-electron chi connectivity index (χ2n) is 38.7. The van der Waals surface area contributed by atoms with Gasteiger partial charge < -0.3 is 96.4 Å². The molecule has 8 aromatic heterocycles. The largest absolute Gasteiger partial charge is 0.465 e. The maximum atomic E-state index is 11.7. The van der Waals surface area contributed by atoms with E-state index < -0.39 is 0 Å². The Morgan fingerprint density at radius 2 is 0.846 bits per heavy atom. The number of carbonyl (C=O) groups excluding carboxylic acids is 8. The van der Waals surface area contributed by atoms with Crippen molar-refractivity contribution in [2.24, 2.45) is 11.7 Å². The van der Waals surface area contributed by atoms with Crippen LogP contribution < -0.4 is 53.6 Å². The van der Waals surface area contributed by atoms with Crippen LogP contribution in [0.2, 0.25) is 0 Å². The van der Waals surface area contributed by atoms with Crippen molar-refractivity contribution in [3.05, 3.63) is 258 Å². The quantitative estimate of drug-likeness (QED) is 0.0236. The summed E-state index contributed by atoms with van der Waals surface area (Å²) in [6.07, 6.45) is 31.1. The first-order valence-electron chi connectivity index (χ1n) is 52.8. The van der Waals surface area contributed by atoms with Crippen LogP contribution in [-0.2, 0) is 68.6 Å². The molecule has 0 radical (unpaired) electrons. The number of rotatable bonds is 21. The van der Waals surface area contributed by atoms with Gasteiger partial charge in [-0.25, -0.2) is 43.5 Å². The molecule has 20 rings (SSSR count). The molecule has 1 aliphatic carbocycles. The summed E-state index contributed by atoms with van der Waals surface area (Å²) in [5.74, 6) is -1.71. The number of hydrogen-bond acceptors (Lipinski definition) is 37. The summed E-state index contributed by atoms with van der Waals surface area (Å²) >= 11 is 1.88. The number of nitrogens with zero attached hydrogens (tertiary/aromatic N) is 10. The Labute approximate surface area is 882 Å². The molecule has 149 heavy (non-hydrogen) atoms. The smallest absolute Gasteiger partial charge is 0.357 e. The lowest BCUT2D eigenvalue weighted by molar-refractivity contribution is -0.141. The third-order valence-electron chi connectivity index (χ3n) is 25.6. The molecule has 9 fully saturated rings. The summed E-state index contributed by atoms with van der Waals surface area (Å²) in [7, 11) is 0. The third-order valence-corrected chi connectivity index (χ3v) is 26.7. The summed E-state index contributed by atoms with van der Waals surface area (Å²) in [6, 6.07) is 28.3. The number of unbranched alkanes of at least 4 members (excludes halogenated alkanes) is 1. The molecule has 9 saturated heterocycles. The van der Waals surface area contributed by atoms with Crippen molar-refractivity contribution in [1.29, 1.82) is 0 Å². The van der Waals surface area contributed by atoms with E-state index >= 15 is 0 Å². The fourth-order valence-corrected chi connectivity index (χ4v) is 17.8. The molecule has 9 aromatic rings. The molecule has 0 saturated carbocycles. The zero-order valence-corrected chi connectivity index (χ0v) is 89.8. The van der Waals surface area contributed by atoms with Crippen molar-refractivity contribution < 1.29 is 76.3 Å². The van der Waals surface area contributed by atoms with E-state index in [0.29, 0.717) is 64.2 Å². The Balaban J connectivity index is 0.000000168. The van der Waals surface area contributed by atoms with Crippen LogP contribution >= 0.6 is 11.3 Å². The van der Waals surface area contributed by atoms with Gasteiger partial charge in [-0.15, -0.1) is 11.3 Å². The van der Waals surface area contributed by atoms with Crippen LogP contribution in [0.3, 0.4) is 0 Å². The predicted octanol–water partition coefficient (Wildman–Crippen LogP) is 11.2. The Hall–Kier alpha value is -11.8. The SMILES string of the molecule is CC(=O)OCCN1CCNCC1.CCCCN1CCC[C@@H](N)C1.Cc1ccc(C(=O)OC2CCNCC2)cn1.Cc1ccc(C(=O)OCC2CNC2)cn1.Cc1ccc(C(=O)O[C@@H]2CCNC2)cn1.Cc1ccc(C(=O)O[C@@H]2CCNC2)nc1.Cc1ccc(C(=O)O[C@H]2CCNC2)cn1.Cc1cccc2c1CNC2.Cc1cncc(C(=O)O[C@@H]2CCNC2)c1.Cc1cncc(C(=O)O[C@H]2CCNC2)c1.Cc1nc2c(s1)CCCC2. The van der Waals surface area contributed by atoms with Crippen molar-refractivity contribution in [1.82, 2.24) is 97.5 Å². The van der Waals surface area contributed by atoms with Gasteiger partial charge in [-0.3, -0.25) is 39.6 Å². The Morgan fingerprint density at radius 3 is 1.26 bits per heavy atom. The number of fused-ring (bicyclic) bond motifs is 2. The first kappa shape index (κ1) is 119. The van der Waals surface area contributed by atoms with Crippen LogP contribution in [-0.4, -0.2) is 297 Å². The van der Waals surface area contributed by atoms with Gasteiger partial charge in [-0.2, -0.15) is 0 Å². The minimum absolute atomic E-state index is 0.000558. The van der Waals surface area contributed by atoms with E-state index in [1.54, 1.807) is 90.7 Å². The van der Waals surface area contributed by atoms with Gasteiger partial charge in [0, 0.05) is 200 Å². The molecule has 11 aliphatic rings. The topological polar surface area (TPSA) is 454 Å². The molecule has 808 valence electrons. The summed E-state index contributed by atoms with van der Waals surface area (Å²) in [5, 5.41) is 29.9. The summed E-state index contributed by atoms with van der Waals surface area (Å²) < 4.78 is 41.9. The number of esters is 8. The number of benzene rings is 1. The van der Waals surface area contributed by atoms with E-state index in [1.807, 2.05) is 90.1 Å². The number of piperazine rings is 1. The average molecular weight is 2070 g/mol. The van der Waals surface area contributed by atoms with Crippen LogP contribution in [0, 0.1) is 68.2 Å². The van der Waals surface area contributed by atoms with E-state index in [9.17, 15) is 38.4 Å². The fourth-order valence-electron chi connectivity index (χ4n) is 16.8.